The van der Waals surface area contributed by atoms with Crippen LogP contribution in [-0.4, -0.2) is 49.5 Å². The second-order valence-electron chi connectivity index (χ2n) is 10.4. The molecule has 1 aliphatic heterocycles. The maximum Gasteiger partial charge on any atom is 0.421 e. The Morgan fingerprint density at radius 3 is 1.36 bits per heavy atom. The van der Waals surface area contributed by atoms with Crippen molar-refractivity contribution in [2.24, 2.45) is 20.5 Å². The fourth-order valence-corrected chi connectivity index (χ4v) is 5.51. The van der Waals surface area contributed by atoms with Crippen molar-refractivity contribution < 1.29 is 18.6 Å². The Bertz CT molecular complexity index is 1450. The zero-order valence-corrected chi connectivity index (χ0v) is 26.7. The summed E-state index contributed by atoms with van der Waals surface area (Å²) in [6.45, 7) is 15.1. The van der Waals surface area contributed by atoms with Crippen LogP contribution in [0.5, 0.6) is 11.5 Å². The van der Waals surface area contributed by atoms with Gasteiger partial charge in [0, 0.05) is 48.5 Å². The van der Waals surface area contributed by atoms with E-state index in [2.05, 4.69) is 88.4 Å². The maximum atomic E-state index is 5.80. The molecule has 2 aromatic heterocycles. The van der Waals surface area contributed by atoms with E-state index in [-0.39, 0.29) is 0 Å². The van der Waals surface area contributed by atoms with Crippen molar-refractivity contribution in [2.45, 2.75) is 53.9 Å². The summed E-state index contributed by atoms with van der Waals surface area (Å²) in [5, 5.41) is 18.2. The summed E-state index contributed by atoms with van der Waals surface area (Å²) in [4.78, 5) is 4.70. The SMILES string of the molecule is CCn1cc[n+](CC)c1/N=N/c1ccc(N2CCN(c3ccc(/N=N/c4n(CC)cc[n+]4CC)cc3OC)CC2)c(OC)c1. The number of nitrogens with zero attached hydrogens (tertiary/aromatic N) is 10. The van der Waals surface area contributed by atoms with Crippen molar-refractivity contribution in [3.05, 3.63) is 61.2 Å². The average molecular weight is 601 g/mol. The number of benzene rings is 2. The lowest BCUT2D eigenvalue weighted by Gasteiger charge is -2.38. The lowest BCUT2D eigenvalue weighted by molar-refractivity contribution is -0.680. The first kappa shape index (κ1) is 30.7. The zero-order chi connectivity index (χ0) is 31.1. The van der Waals surface area contributed by atoms with Gasteiger partial charge in [0.1, 0.15) is 22.9 Å². The molecule has 0 saturated carbocycles. The molecule has 0 unspecified atom stereocenters. The first-order valence-electron chi connectivity index (χ1n) is 15.4. The Labute approximate surface area is 259 Å². The maximum absolute atomic E-state index is 5.80. The van der Waals surface area contributed by atoms with Gasteiger partial charge in [-0.05, 0) is 52.0 Å². The third-order valence-electron chi connectivity index (χ3n) is 8.04. The first-order valence-corrected chi connectivity index (χ1v) is 15.4. The average Bonchev–Trinajstić information content (AvgIpc) is 3.68. The van der Waals surface area contributed by atoms with Crippen molar-refractivity contribution >= 4 is 34.6 Å². The second kappa shape index (κ2) is 14.2. The van der Waals surface area contributed by atoms with Crippen LogP contribution in [0.15, 0.2) is 81.6 Å². The molecule has 0 radical (unpaired) electrons. The predicted molar refractivity (Wildman–Crippen MR) is 171 cm³/mol. The molecule has 0 atom stereocenters. The van der Waals surface area contributed by atoms with Gasteiger partial charge in [-0.25, -0.2) is 18.3 Å². The lowest BCUT2D eigenvalue weighted by Crippen LogP contribution is -2.46. The van der Waals surface area contributed by atoms with Gasteiger partial charge in [-0.3, -0.25) is 0 Å². The van der Waals surface area contributed by atoms with Crippen molar-refractivity contribution in [1.29, 1.82) is 0 Å². The molecule has 12 nitrogen and oxygen atoms in total. The number of imidazole rings is 2. The Kier molecular flexibility index (Phi) is 9.88. The summed E-state index contributed by atoms with van der Waals surface area (Å²) < 4.78 is 19.9. The highest BCUT2D eigenvalue weighted by molar-refractivity contribution is 5.67. The third kappa shape index (κ3) is 6.43. The van der Waals surface area contributed by atoms with Crippen molar-refractivity contribution in [3.63, 3.8) is 0 Å². The van der Waals surface area contributed by atoms with Crippen LogP contribution in [0.1, 0.15) is 27.7 Å². The van der Waals surface area contributed by atoms with E-state index in [1.807, 2.05) is 49.1 Å². The number of aryl methyl sites for hydroxylation is 4. The number of rotatable bonds is 12. The van der Waals surface area contributed by atoms with Crippen molar-refractivity contribution in [1.82, 2.24) is 9.13 Å². The van der Waals surface area contributed by atoms with Crippen LogP contribution in [0.25, 0.3) is 0 Å². The van der Waals surface area contributed by atoms with E-state index in [0.717, 1.165) is 98.5 Å². The molecule has 4 aromatic rings. The molecule has 0 N–H and O–H groups in total. The van der Waals surface area contributed by atoms with E-state index in [1.54, 1.807) is 14.2 Å². The molecule has 0 spiro atoms. The van der Waals surface area contributed by atoms with Gasteiger partial charge in [0.15, 0.2) is 0 Å². The van der Waals surface area contributed by atoms with Gasteiger partial charge in [0.25, 0.3) is 0 Å². The molecule has 0 amide bonds. The first-order chi connectivity index (χ1) is 21.5. The summed E-state index contributed by atoms with van der Waals surface area (Å²) in [5.41, 5.74) is 3.61. The number of piperazine rings is 1. The number of hydrogen-bond acceptors (Lipinski definition) is 8. The van der Waals surface area contributed by atoms with Crippen molar-refractivity contribution in [3.8, 4) is 11.5 Å². The van der Waals surface area contributed by atoms with Crippen LogP contribution in [0.3, 0.4) is 0 Å². The topological polar surface area (TPSA) is 92.0 Å². The summed E-state index contributed by atoms with van der Waals surface area (Å²) in [7, 11) is 3.41. The molecular weight excluding hydrogens is 556 g/mol. The number of azo groups is 2. The number of anilines is 2. The van der Waals surface area contributed by atoms with E-state index in [4.69, 9.17) is 9.47 Å². The second-order valence-corrected chi connectivity index (χ2v) is 10.4. The smallest absolute Gasteiger partial charge is 0.421 e. The monoisotopic (exact) mass is 600 g/mol. The van der Waals surface area contributed by atoms with Gasteiger partial charge in [0.2, 0.25) is 0 Å². The molecule has 0 bridgehead atoms. The summed E-state index contributed by atoms with van der Waals surface area (Å²) in [6.07, 6.45) is 8.13. The highest BCUT2D eigenvalue weighted by Gasteiger charge is 2.23. The molecule has 1 fully saturated rings. The normalized spacial score (nSPS) is 13.9. The van der Waals surface area contributed by atoms with Crippen LogP contribution < -0.4 is 28.4 Å². The highest BCUT2D eigenvalue weighted by atomic mass is 16.5. The minimum Gasteiger partial charge on any atom is -0.495 e. The quantitative estimate of drug-likeness (QED) is 0.145. The van der Waals surface area contributed by atoms with Crippen LogP contribution in [0.4, 0.5) is 34.6 Å². The van der Waals surface area contributed by atoms with Crippen molar-refractivity contribution in [2.75, 3.05) is 50.2 Å². The van der Waals surface area contributed by atoms with Gasteiger partial charge >= 0.3 is 11.9 Å². The number of hydrogen-bond donors (Lipinski definition) is 0. The molecule has 3 heterocycles. The van der Waals surface area contributed by atoms with E-state index in [1.165, 1.54) is 0 Å². The number of methoxy groups -OCH3 is 2. The van der Waals surface area contributed by atoms with Gasteiger partial charge < -0.3 is 19.3 Å². The van der Waals surface area contributed by atoms with E-state index >= 15 is 0 Å². The fourth-order valence-electron chi connectivity index (χ4n) is 5.51. The molecule has 12 heteroatoms. The Morgan fingerprint density at radius 2 is 1.02 bits per heavy atom. The molecule has 1 aliphatic rings. The zero-order valence-electron chi connectivity index (χ0n) is 26.7. The van der Waals surface area contributed by atoms with Crippen LogP contribution >= 0.6 is 0 Å². The van der Waals surface area contributed by atoms with Gasteiger partial charge in [-0.1, -0.05) is 10.2 Å². The van der Waals surface area contributed by atoms with Gasteiger partial charge in [0.05, 0.1) is 76.6 Å². The summed E-state index contributed by atoms with van der Waals surface area (Å²) >= 11 is 0. The van der Waals surface area contributed by atoms with E-state index in [9.17, 15) is 0 Å². The molecular formula is C32H44N10O2+2. The summed E-state index contributed by atoms with van der Waals surface area (Å²) in [5.74, 6) is 3.24. The number of ether oxygens (including phenoxy) is 2. The molecule has 2 aromatic carbocycles. The van der Waals surface area contributed by atoms with Crippen LogP contribution in [0, 0.1) is 0 Å². The lowest BCUT2D eigenvalue weighted by atomic mass is 10.2. The molecule has 0 aliphatic carbocycles. The molecule has 5 rings (SSSR count). The Balaban J connectivity index is 1.27. The van der Waals surface area contributed by atoms with Crippen LogP contribution in [-0.2, 0) is 26.2 Å². The van der Waals surface area contributed by atoms with E-state index < -0.39 is 0 Å². The minimum absolute atomic E-state index is 0.755. The largest absolute Gasteiger partial charge is 0.495 e. The molecule has 232 valence electrons. The minimum atomic E-state index is 0.755. The standard InChI is InChI=1S/C32H44N10O2/c1-7-37-15-16-38(8-2)31(37)35-33-25-11-13-27(29(23-25)43-5)41-19-21-42(22-20-41)28-14-12-26(24-30(28)44-6)34-36-32-39(9-3)17-18-40(32)10-4/h11-18,23-24H,7-10,19-22H2,1-6H3/q+2. The predicted octanol–water partition coefficient (Wildman–Crippen LogP) is 6.12. The number of aromatic nitrogens is 4. The molecule has 44 heavy (non-hydrogen) atoms. The molecule has 1 saturated heterocycles. The van der Waals surface area contributed by atoms with Crippen LogP contribution in [0.2, 0.25) is 0 Å². The van der Waals surface area contributed by atoms with E-state index in [0.29, 0.717) is 0 Å². The van der Waals surface area contributed by atoms with Gasteiger partial charge in [-0.2, -0.15) is 0 Å². The highest BCUT2D eigenvalue weighted by Crippen LogP contribution is 2.36. The fraction of sp³-hybridized carbons (Fsp3) is 0.438. The van der Waals surface area contributed by atoms with Gasteiger partial charge in [-0.15, -0.1) is 0 Å². The summed E-state index contributed by atoms with van der Waals surface area (Å²) in [6, 6.07) is 12.1. The third-order valence-corrected chi connectivity index (χ3v) is 8.04. The Hall–Kier alpha value is -4.74. The Morgan fingerprint density at radius 1 is 0.614 bits per heavy atom.